The molecule has 1 aromatic carbocycles. The Labute approximate surface area is 109 Å². The summed E-state index contributed by atoms with van der Waals surface area (Å²) in [6, 6.07) is 4.82. The van der Waals surface area contributed by atoms with E-state index in [1.165, 1.54) is 25.3 Å². The fourth-order valence-corrected chi connectivity index (χ4v) is 2.65. The van der Waals surface area contributed by atoms with Crippen molar-refractivity contribution in [3.63, 3.8) is 0 Å². The molecule has 1 aromatic rings. The standard InChI is InChI=1S/C13H16BrFN2/c14-10-7-4-8-11(15)12(10)17-13(16)9-5-2-1-3-6-9/h4,7-9H,1-3,5-6H2,(H2,16,17). The molecule has 0 unspecified atom stereocenters. The number of nitrogens with zero attached hydrogens (tertiary/aromatic N) is 1. The van der Waals surface area contributed by atoms with E-state index < -0.39 is 0 Å². The van der Waals surface area contributed by atoms with Crippen LogP contribution in [0.2, 0.25) is 0 Å². The highest BCUT2D eigenvalue weighted by Crippen LogP contribution is 2.30. The van der Waals surface area contributed by atoms with Crippen LogP contribution in [-0.4, -0.2) is 5.84 Å². The lowest BCUT2D eigenvalue weighted by Crippen LogP contribution is -2.25. The minimum Gasteiger partial charge on any atom is -0.387 e. The minimum absolute atomic E-state index is 0.315. The summed E-state index contributed by atoms with van der Waals surface area (Å²) in [7, 11) is 0. The Morgan fingerprint density at radius 3 is 2.65 bits per heavy atom. The van der Waals surface area contributed by atoms with Gasteiger partial charge in [-0.05, 0) is 40.9 Å². The minimum atomic E-state index is -0.335. The Bertz CT molecular complexity index is 405. The van der Waals surface area contributed by atoms with Crippen molar-refractivity contribution in [2.75, 3.05) is 0 Å². The van der Waals surface area contributed by atoms with E-state index in [1.54, 1.807) is 12.1 Å². The molecule has 0 amide bonds. The number of benzene rings is 1. The zero-order valence-electron chi connectivity index (χ0n) is 9.63. The van der Waals surface area contributed by atoms with Crippen molar-refractivity contribution in [3.05, 3.63) is 28.5 Å². The quantitative estimate of drug-likeness (QED) is 0.646. The van der Waals surface area contributed by atoms with E-state index in [4.69, 9.17) is 5.73 Å². The lowest BCUT2D eigenvalue weighted by molar-refractivity contribution is 0.437. The van der Waals surface area contributed by atoms with Gasteiger partial charge < -0.3 is 5.73 Å². The molecule has 0 atom stereocenters. The first kappa shape index (κ1) is 12.6. The summed E-state index contributed by atoms with van der Waals surface area (Å²) in [6.45, 7) is 0. The molecule has 0 bridgehead atoms. The Kier molecular flexibility index (Phi) is 4.15. The molecule has 0 radical (unpaired) electrons. The van der Waals surface area contributed by atoms with E-state index in [2.05, 4.69) is 20.9 Å². The summed E-state index contributed by atoms with van der Waals surface area (Å²) >= 11 is 3.30. The van der Waals surface area contributed by atoms with Crippen molar-refractivity contribution in [2.24, 2.45) is 16.6 Å². The summed E-state index contributed by atoms with van der Waals surface area (Å²) in [4.78, 5) is 4.25. The third kappa shape index (κ3) is 3.06. The fourth-order valence-electron chi connectivity index (χ4n) is 2.21. The Morgan fingerprint density at radius 1 is 1.29 bits per heavy atom. The molecule has 0 aliphatic heterocycles. The smallest absolute Gasteiger partial charge is 0.150 e. The summed E-state index contributed by atoms with van der Waals surface area (Å²) in [5, 5.41) is 0. The van der Waals surface area contributed by atoms with Crippen LogP contribution in [0.15, 0.2) is 27.7 Å². The molecular weight excluding hydrogens is 283 g/mol. The third-order valence-electron chi connectivity index (χ3n) is 3.20. The number of aliphatic imine (C=N–C) groups is 1. The van der Waals surface area contributed by atoms with Gasteiger partial charge >= 0.3 is 0 Å². The zero-order valence-corrected chi connectivity index (χ0v) is 11.2. The van der Waals surface area contributed by atoms with E-state index in [-0.39, 0.29) is 5.82 Å². The van der Waals surface area contributed by atoms with Gasteiger partial charge in [-0.15, -0.1) is 0 Å². The molecule has 1 fully saturated rings. The van der Waals surface area contributed by atoms with Crippen molar-refractivity contribution < 1.29 is 4.39 Å². The number of hydrogen-bond acceptors (Lipinski definition) is 1. The van der Waals surface area contributed by atoms with Crippen LogP contribution in [0.5, 0.6) is 0 Å². The summed E-state index contributed by atoms with van der Waals surface area (Å²) < 4.78 is 14.2. The number of hydrogen-bond donors (Lipinski definition) is 1. The molecule has 1 aliphatic rings. The van der Waals surface area contributed by atoms with Gasteiger partial charge in [-0.25, -0.2) is 9.38 Å². The molecule has 17 heavy (non-hydrogen) atoms. The molecule has 0 spiro atoms. The molecule has 0 saturated heterocycles. The first-order valence-corrected chi connectivity index (χ1v) is 6.76. The maximum atomic E-state index is 13.6. The maximum absolute atomic E-state index is 13.6. The van der Waals surface area contributed by atoms with Crippen LogP contribution < -0.4 is 5.73 Å². The number of halogens is 2. The van der Waals surface area contributed by atoms with Gasteiger partial charge in [0.25, 0.3) is 0 Å². The van der Waals surface area contributed by atoms with Crippen LogP contribution in [0.25, 0.3) is 0 Å². The summed E-state index contributed by atoms with van der Waals surface area (Å²) in [5.74, 6) is 0.545. The average molecular weight is 299 g/mol. The normalized spacial score (nSPS) is 18.4. The molecule has 1 saturated carbocycles. The molecule has 2 N–H and O–H groups in total. The SMILES string of the molecule is NC(=Nc1c(F)cccc1Br)C1CCCCC1. The summed E-state index contributed by atoms with van der Waals surface area (Å²) in [6.07, 6.45) is 5.80. The van der Waals surface area contributed by atoms with E-state index in [0.717, 1.165) is 12.8 Å². The van der Waals surface area contributed by atoms with E-state index in [9.17, 15) is 4.39 Å². The first-order chi connectivity index (χ1) is 8.18. The topological polar surface area (TPSA) is 38.4 Å². The number of nitrogens with two attached hydrogens (primary N) is 1. The second kappa shape index (κ2) is 5.63. The maximum Gasteiger partial charge on any atom is 0.150 e. The number of amidine groups is 1. The Morgan fingerprint density at radius 2 is 2.00 bits per heavy atom. The Balaban J connectivity index is 2.22. The molecule has 2 nitrogen and oxygen atoms in total. The highest BCUT2D eigenvalue weighted by Gasteiger charge is 2.17. The highest BCUT2D eigenvalue weighted by molar-refractivity contribution is 9.10. The molecular formula is C13H16BrFN2. The van der Waals surface area contributed by atoms with Crippen molar-refractivity contribution >= 4 is 27.5 Å². The molecule has 4 heteroatoms. The lowest BCUT2D eigenvalue weighted by atomic mass is 9.88. The predicted octanol–water partition coefficient (Wildman–Crippen LogP) is 4.16. The average Bonchev–Trinajstić information content (AvgIpc) is 2.35. The van der Waals surface area contributed by atoms with Crippen LogP contribution in [0.4, 0.5) is 10.1 Å². The second-order valence-electron chi connectivity index (χ2n) is 4.44. The van der Waals surface area contributed by atoms with Gasteiger partial charge in [0.05, 0.1) is 0 Å². The second-order valence-corrected chi connectivity index (χ2v) is 5.30. The first-order valence-electron chi connectivity index (χ1n) is 5.96. The van der Waals surface area contributed by atoms with Gasteiger partial charge in [0, 0.05) is 10.4 Å². The van der Waals surface area contributed by atoms with Gasteiger partial charge in [0.2, 0.25) is 0 Å². The van der Waals surface area contributed by atoms with E-state index in [1.807, 2.05) is 0 Å². The zero-order chi connectivity index (χ0) is 12.3. The van der Waals surface area contributed by atoms with Crippen LogP contribution in [0, 0.1) is 11.7 Å². The van der Waals surface area contributed by atoms with E-state index >= 15 is 0 Å². The monoisotopic (exact) mass is 298 g/mol. The van der Waals surface area contributed by atoms with Gasteiger partial charge in [0.1, 0.15) is 17.3 Å². The van der Waals surface area contributed by atoms with Gasteiger partial charge in [0.15, 0.2) is 0 Å². The predicted molar refractivity (Wildman–Crippen MR) is 72.0 cm³/mol. The largest absolute Gasteiger partial charge is 0.387 e. The summed E-state index contributed by atoms with van der Waals surface area (Å²) in [5.41, 5.74) is 6.30. The molecule has 0 heterocycles. The molecule has 1 aliphatic carbocycles. The van der Waals surface area contributed by atoms with Gasteiger partial charge in [-0.2, -0.15) is 0 Å². The van der Waals surface area contributed by atoms with Crippen LogP contribution >= 0.6 is 15.9 Å². The van der Waals surface area contributed by atoms with Gasteiger partial charge in [-0.1, -0.05) is 25.3 Å². The third-order valence-corrected chi connectivity index (χ3v) is 3.84. The number of rotatable bonds is 2. The number of para-hydroxylation sites is 1. The van der Waals surface area contributed by atoms with Crippen LogP contribution in [0.1, 0.15) is 32.1 Å². The van der Waals surface area contributed by atoms with Crippen molar-refractivity contribution in [2.45, 2.75) is 32.1 Å². The lowest BCUT2D eigenvalue weighted by Gasteiger charge is -2.20. The molecule has 2 rings (SSSR count). The fraction of sp³-hybridized carbons (Fsp3) is 0.462. The van der Waals surface area contributed by atoms with Crippen LogP contribution in [0.3, 0.4) is 0 Å². The highest BCUT2D eigenvalue weighted by atomic mass is 79.9. The van der Waals surface area contributed by atoms with Crippen molar-refractivity contribution in [3.8, 4) is 0 Å². The van der Waals surface area contributed by atoms with Crippen molar-refractivity contribution in [1.82, 2.24) is 0 Å². The van der Waals surface area contributed by atoms with Crippen molar-refractivity contribution in [1.29, 1.82) is 0 Å². The van der Waals surface area contributed by atoms with Gasteiger partial charge in [-0.3, -0.25) is 0 Å². The van der Waals surface area contributed by atoms with E-state index in [0.29, 0.717) is 21.9 Å². The van der Waals surface area contributed by atoms with Crippen LogP contribution in [-0.2, 0) is 0 Å². The molecule has 92 valence electrons. The molecule has 0 aromatic heterocycles. The Hall–Kier alpha value is -0.900.